The Hall–Kier alpha value is -2.36. The van der Waals surface area contributed by atoms with Gasteiger partial charge in [0.25, 0.3) is 0 Å². The summed E-state index contributed by atoms with van der Waals surface area (Å²) in [6.07, 6.45) is 0. The number of nitrogens with one attached hydrogen (secondary N) is 1. The van der Waals surface area contributed by atoms with E-state index in [2.05, 4.69) is 9.97 Å². The average molecular weight is 284 g/mol. The second kappa shape index (κ2) is 5.20. The molecule has 1 aromatic heterocycles. The summed E-state index contributed by atoms with van der Waals surface area (Å²) in [7, 11) is 0. The molecule has 0 atom stereocenters. The average Bonchev–Trinajstić information content (AvgIpc) is 2.78. The van der Waals surface area contributed by atoms with Crippen LogP contribution in [0.2, 0.25) is 0 Å². The molecule has 0 spiro atoms. The third-order valence-corrected chi connectivity index (χ3v) is 3.63. The van der Waals surface area contributed by atoms with Crippen LogP contribution in [0.5, 0.6) is 5.75 Å². The van der Waals surface area contributed by atoms with Crippen molar-refractivity contribution in [3.05, 3.63) is 58.7 Å². The number of aromatic nitrogens is 2. The van der Waals surface area contributed by atoms with E-state index in [9.17, 15) is 4.39 Å². The SMILES string of the molecule is Cc1nc2c(OCc3c(C)cc(F)cc3C)cccc2[nH]1. The zero-order valence-electron chi connectivity index (χ0n) is 12.3. The van der Waals surface area contributed by atoms with Crippen molar-refractivity contribution in [3.63, 3.8) is 0 Å². The molecule has 3 nitrogen and oxygen atoms in total. The number of aryl methyl sites for hydroxylation is 3. The van der Waals surface area contributed by atoms with Gasteiger partial charge in [0.05, 0.1) is 5.52 Å². The van der Waals surface area contributed by atoms with Gasteiger partial charge in [0, 0.05) is 0 Å². The number of ether oxygens (including phenoxy) is 1. The lowest BCUT2D eigenvalue weighted by molar-refractivity contribution is 0.307. The molecular formula is C17H17FN2O. The molecule has 0 bridgehead atoms. The number of aromatic amines is 1. The van der Waals surface area contributed by atoms with Gasteiger partial charge in [0.15, 0.2) is 0 Å². The first kappa shape index (κ1) is 13.6. The maximum absolute atomic E-state index is 13.3. The summed E-state index contributed by atoms with van der Waals surface area (Å²) < 4.78 is 19.2. The van der Waals surface area contributed by atoms with Crippen LogP contribution in [0.1, 0.15) is 22.5 Å². The highest BCUT2D eigenvalue weighted by Gasteiger charge is 2.09. The Balaban J connectivity index is 1.90. The lowest BCUT2D eigenvalue weighted by Crippen LogP contribution is -2.02. The first-order chi connectivity index (χ1) is 10.0. The number of benzene rings is 2. The molecule has 0 aliphatic carbocycles. The van der Waals surface area contributed by atoms with Crippen molar-refractivity contribution in [2.24, 2.45) is 0 Å². The van der Waals surface area contributed by atoms with E-state index in [0.29, 0.717) is 6.61 Å². The maximum atomic E-state index is 13.3. The molecule has 0 aliphatic heterocycles. The van der Waals surface area contributed by atoms with Gasteiger partial charge in [-0.3, -0.25) is 0 Å². The van der Waals surface area contributed by atoms with Crippen LogP contribution < -0.4 is 4.74 Å². The molecule has 1 heterocycles. The summed E-state index contributed by atoms with van der Waals surface area (Å²) in [4.78, 5) is 7.63. The van der Waals surface area contributed by atoms with Crippen LogP contribution in [0.4, 0.5) is 4.39 Å². The van der Waals surface area contributed by atoms with Gasteiger partial charge in [-0.15, -0.1) is 0 Å². The van der Waals surface area contributed by atoms with E-state index < -0.39 is 0 Å². The molecule has 1 N–H and O–H groups in total. The van der Waals surface area contributed by atoms with Crippen LogP contribution in [0.3, 0.4) is 0 Å². The van der Waals surface area contributed by atoms with E-state index in [4.69, 9.17) is 4.74 Å². The van der Waals surface area contributed by atoms with Crippen LogP contribution in [-0.2, 0) is 6.61 Å². The second-order valence-corrected chi connectivity index (χ2v) is 5.28. The Bertz CT molecular complexity index is 785. The van der Waals surface area contributed by atoms with Crippen molar-refractivity contribution in [1.29, 1.82) is 0 Å². The van der Waals surface area contributed by atoms with E-state index in [1.165, 1.54) is 12.1 Å². The number of hydrogen-bond donors (Lipinski definition) is 1. The number of fused-ring (bicyclic) bond motifs is 1. The molecule has 108 valence electrons. The molecule has 0 aliphatic rings. The largest absolute Gasteiger partial charge is 0.487 e. The predicted molar refractivity (Wildman–Crippen MR) is 81.0 cm³/mol. The topological polar surface area (TPSA) is 37.9 Å². The monoisotopic (exact) mass is 284 g/mol. The Morgan fingerprint density at radius 1 is 1.14 bits per heavy atom. The number of para-hydroxylation sites is 1. The van der Waals surface area contributed by atoms with Crippen LogP contribution >= 0.6 is 0 Å². The van der Waals surface area contributed by atoms with E-state index in [-0.39, 0.29) is 5.82 Å². The molecule has 0 saturated carbocycles. The summed E-state index contributed by atoms with van der Waals surface area (Å²) in [5.41, 5.74) is 4.60. The first-order valence-electron chi connectivity index (χ1n) is 6.88. The molecule has 0 radical (unpaired) electrons. The summed E-state index contributed by atoms with van der Waals surface area (Å²) in [6.45, 7) is 6.11. The van der Waals surface area contributed by atoms with Crippen LogP contribution in [0.15, 0.2) is 30.3 Å². The summed E-state index contributed by atoms with van der Waals surface area (Å²) >= 11 is 0. The quantitative estimate of drug-likeness (QED) is 0.782. The van der Waals surface area contributed by atoms with Crippen molar-refractivity contribution in [1.82, 2.24) is 9.97 Å². The fourth-order valence-electron chi connectivity index (χ4n) is 2.56. The number of H-pyrrole nitrogens is 1. The number of hydrogen-bond acceptors (Lipinski definition) is 2. The van der Waals surface area contributed by atoms with Crippen LogP contribution in [-0.4, -0.2) is 9.97 Å². The minimum Gasteiger partial charge on any atom is -0.487 e. The van der Waals surface area contributed by atoms with Crippen molar-refractivity contribution in [2.75, 3.05) is 0 Å². The fraction of sp³-hybridized carbons (Fsp3) is 0.235. The van der Waals surface area contributed by atoms with Gasteiger partial charge in [-0.05, 0) is 61.7 Å². The Morgan fingerprint density at radius 3 is 2.57 bits per heavy atom. The second-order valence-electron chi connectivity index (χ2n) is 5.28. The standard InChI is InChI=1S/C17H17FN2O/c1-10-7-13(18)8-11(2)14(10)9-21-16-6-4-5-15-17(16)20-12(3)19-15/h4-8H,9H2,1-3H3,(H,19,20). The minimum absolute atomic E-state index is 0.209. The first-order valence-corrected chi connectivity index (χ1v) is 6.88. The van der Waals surface area contributed by atoms with Crippen molar-refractivity contribution >= 4 is 11.0 Å². The van der Waals surface area contributed by atoms with Gasteiger partial charge in [0.1, 0.15) is 29.5 Å². The van der Waals surface area contributed by atoms with E-state index in [1.54, 1.807) is 0 Å². The number of imidazole rings is 1. The number of halogens is 1. The van der Waals surface area contributed by atoms with Crippen LogP contribution in [0.25, 0.3) is 11.0 Å². The van der Waals surface area contributed by atoms with Gasteiger partial charge < -0.3 is 9.72 Å². The minimum atomic E-state index is -0.209. The highest BCUT2D eigenvalue weighted by molar-refractivity contribution is 5.81. The lowest BCUT2D eigenvalue weighted by Gasteiger charge is -2.12. The zero-order chi connectivity index (χ0) is 15.0. The molecule has 0 amide bonds. The smallest absolute Gasteiger partial charge is 0.147 e. The molecule has 0 unspecified atom stereocenters. The fourth-order valence-corrected chi connectivity index (χ4v) is 2.56. The third kappa shape index (κ3) is 2.61. The van der Waals surface area contributed by atoms with Gasteiger partial charge in [-0.2, -0.15) is 0 Å². The highest BCUT2D eigenvalue weighted by atomic mass is 19.1. The molecule has 2 aromatic carbocycles. The van der Waals surface area contributed by atoms with E-state index >= 15 is 0 Å². The molecule has 3 rings (SSSR count). The summed E-state index contributed by atoms with van der Waals surface area (Å²) in [5.74, 6) is 1.38. The predicted octanol–water partition coefficient (Wildman–Crippen LogP) is 4.21. The zero-order valence-corrected chi connectivity index (χ0v) is 12.3. The lowest BCUT2D eigenvalue weighted by atomic mass is 10.0. The number of rotatable bonds is 3. The van der Waals surface area contributed by atoms with Crippen molar-refractivity contribution in [3.8, 4) is 5.75 Å². The van der Waals surface area contributed by atoms with Gasteiger partial charge in [-0.1, -0.05) is 6.07 Å². The Kier molecular flexibility index (Phi) is 3.37. The molecule has 3 aromatic rings. The van der Waals surface area contributed by atoms with Crippen LogP contribution in [0, 0.1) is 26.6 Å². The molecular weight excluding hydrogens is 267 g/mol. The van der Waals surface area contributed by atoms with Crippen molar-refractivity contribution < 1.29 is 9.13 Å². The normalized spacial score (nSPS) is 11.0. The molecule has 4 heteroatoms. The van der Waals surface area contributed by atoms with Gasteiger partial charge in [-0.25, -0.2) is 9.37 Å². The van der Waals surface area contributed by atoms with Gasteiger partial charge >= 0.3 is 0 Å². The summed E-state index contributed by atoms with van der Waals surface area (Å²) in [5, 5.41) is 0. The maximum Gasteiger partial charge on any atom is 0.147 e. The summed E-state index contributed by atoms with van der Waals surface area (Å²) in [6, 6.07) is 8.86. The van der Waals surface area contributed by atoms with E-state index in [0.717, 1.165) is 39.3 Å². The van der Waals surface area contributed by atoms with Gasteiger partial charge in [0.2, 0.25) is 0 Å². The molecule has 0 saturated heterocycles. The number of nitrogens with zero attached hydrogens (tertiary/aromatic N) is 1. The molecule has 21 heavy (non-hydrogen) atoms. The third-order valence-electron chi connectivity index (χ3n) is 3.63. The Morgan fingerprint density at radius 2 is 1.86 bits per heavy atom. The van der Waals surface area contributed by atoms with Crippen molar-refractivity contribution in [2.45, 2.75) is 27.4 Å². The molecule has 0 fully saturated rings. The highest BCUT2D eigenvalue weighted by Crippen LogP contribution is 2.25. The van der Waals surface area contributed by atoms with E-state index in [1.807, 2.05) is 39.0 Å². The Labute approximate surface area is 122 Å².